The summed E-state index contributed by atoms with van der Waals surface area (Å²) in [5.41, 5.74) is 1.06. The average molecular weight is 275 g/mol. The van der Waals surface area contributed by atoms with Crippen LogP contribution in [0, 0.1) is 0 Å². The predicted octanol–water partition coefficient (Wildman–Crippen LogP) is 3.08. The number of benzene rings is 1. The molecule has 1 aromatic carbocycles. The number of ether oxygens (including phenoxy) is 1. The first-order valence-corrected chi connectivity index (χ1v) is 6.62. The third kappa shape index (κ3) is 3.72. The van der Waals surface area contributed by atoms with E-state index in [0.717, 1.165) is 16.3 Å². The van der Waals surface area contributed by atoms with Crippen molar-refractivity contribution in [2.24, 2.45) is 0 Å². The fraction of sp³-hybridized carbons (Fsp3) is 0.143. The van der Waals surface area contributed by atoms with Crippen molar-refractivity contribution in [3.63, 3.8) is 0 Å². The molecule has 2 aromatic rings. The number of hydrogen-bond acceptors (Lipinski definition) is 4. The van der Waals surface area contributed by atoms with Gasteiger partial charge in [-0.1, -0.05) is 0 Å². The Hall–Kier alpha value is -2.01. The van der Waals surface area contributed by atoms with Crippen LogP contribution in [0.4, 0.5) is 0 Å². The number of pyridine rings is 1. The number of methoxy groups -OCH3 is 1. The summed E-state index contributed by atoms with van der Waals surface area (Å²) < 4.78 is 5.09. The van der Waals surface area contributed by atoms with Crippen LogP contribution in [0.1, 0.15) is 16.1 Å². The van der Waals surface area contributed by atoms with Crippen LogP contribution >= 0.6 is 11.8 Å². The van der Waals surface area contributed by atoms with Crippen molar-refractivity contribution in [3.05, 3.63) is 53.9 Å². The van der Waals surface area contributed by atoms with Crippen molar-refractivity contribution in [1.82, 2.24) is 4.98 Å². The molecule has 0 bridgehead atoms. The molecule has 1 heterocycles. The van der Waals surface area contributed by atoms with E-state index in [2.05, 4.69) is 4.98 Å². The Labute approximate surface area is 115 Å². The van der Waals surface area contributed by atoms with Crippen LogP contribution in [0.2, 0.25) is 0 Å². The molecule has 0 spiro atoms. The van der Waals surface area contributed by atoms with Crippen LogP contribution in [0.5, 0.6) is 5.75 Å². The lowest BCUT2D eigenvalue weighted by molar-refractivity contribution is 0.0696. The molecule has 1 N–H and O–H groups in total. The topological polar surface area (TPSA) is 59.4 Å². The van der Waals surface area contributed by atoms with Gasteiger partial charge in [-0.15, -0.1) is 11.8 Å². The fourth-order valence-corrected chi connectivity index (χ4v) is 2.28. The lowest BCUT2D eigenvalue weighted by atomic mass is 10.2. The standard InChI is InChI=1S/C14H13NO3S/c1-18-12-4-6-13(7-5-12)19-9-11-3-2-10(8-15-11)14(16)17/h2-8H,9H2,1H3,(H,16,17). The van der Waals surface area contributed by atoms with Crippen molar-refractivity contribution in [3.8, 4) is 5.75 Å². The molecule has 0 saturated carbocycles. The molecule has 98 valence electrons. The van der Waals surface area contributed by atoms with E-state index in [0.29, 0.717) is 5.75 Å². The first-order valence-electron chi connectivity index (χ1n) is 5.64. The van der Waals surface area contributed by atoms with Crippen LogP contribution in [0.25, 0.3) is 0 Å². The Morgan fingerprint density at radius 2 is 2.00 bits per heavy atom. The Kier molecular flexibility index (Phi) is 4.41. The summed E-state index contributed by atoms with van der Waals surface area (Å²) >= 11 is 1.64. The molecular formula is C14H13NO3S. The number of aromatic nitrogens is 1. The maximum atomic E-state index is 10.7. The molecule has 0 amide bonds. The number of nitrogens with zero attached hydrogens (tertiary/aromatic N) is 1. The molecule has 0 aliphatic carbocycles. The molecule has 0 radical (unpaired) electrons. The second-order valence-electron chi connectivity index (χ2n) is 3.81. The zero-order valence-corrected chi connectivity index (χ0v) is 11.2. The zero-order valence-electron chi connectivity index (χ0n) is 10.4. The Bertz CT molecular complexity index is 552. The van der Waals surface area contributed by atoms with Gasteiger partial charge in [0.05, 0.1) is 18.4 Å². The van der Waals surface area contributed by atoms with Crippen LogP contribution in [-0.2, 0) is 5.75 Å². The molecule has 2 rings (SSSR count). The highest BCUT2D eigenvalue weighted by molar-refractivity contribution is 7.98. The Balaban J connectivity index is 1.95. The Morgan fingerprint density at radius 3 is 2.53 bits per heavy atom. The van der Waals surface area contributed by atoms with E-state index in [1.54, 1.807) is 31.0 Å². The lowest BCUT2D eigenvalue weighted by Gasteiger charge is -2.03. The van der Waals surface area contributed by atoms with E-state index in [1.165, 1.54) is 6.20 Å². The number of carboxylic acid groups (broad SMARTS) is 1. The number of thioether (sulfide) groups is 1. The van der Waals surface area contributed by atoms with Gasteiger partial charge >= 0.3 is 5.97 Å². The van der Waals surface area contributed by atoms with Crippen molar-refractivity contribution in [2.45, 2.75) is 10.6 Å². The van der Waals surface area contributed by atoms with Gasteiger partial charge in [-0.2, -0.15) is 0 Å². The summed E-state index contributed by atoms with van der Waals surface area (Å²) in [6.07, 6.45) is 1.38. The predicted molar refractivity (Wildman–Crippen MR) is 73.8 cm³/mol. The van der Waals surface area contributed by atoms with Crippen LogP contribution in [0.15, 0.2) is 47.5 Å². The molecule has 0 atom stereocenters. The monoisotopic (exact) mass is 275 g/mol. The van der Waals surface area contributed by atoms with Gasteiger partial charge < -0.3 is 9.84 Å². The quantitative estimate of drug-likeness (QED) is 0.850. The SMILES string of the molecule is COc1ccc(SCc2ccc(C(=O)O)cn2)cc1. The van der Waals surface area contributed by atoms with Crippen molar-refractivity contribution < 1.29 is 14.6 Å². The van der Waals surface area contributed by atoms with Gasteiger partial charge in [-0.3, -0.25) is 4.98 Å². The first kappa shape index (κ1) is 13.4. The second-order valence-corrected chi connectivity index (χ2v) is 4.86. The normalized spacial score (nSPS) is 10.2. The van der Waals surface area contributed by atoms with E-state index < -0.39 is 5.97 Å². The fourth-order valence-electron chi connectivity index (χ4n) is 1.47. The average Bonchev–Trinajstić information content (AvgIpc) is 2.46. The number of aromatic carboxylic acids is 1. The second kappa shape index (κ2) is 6.24. The minimum atomic E-state index is -0.957. The molecule has 4 nitrogen and oxygen atoms in total. The number of hydrogen-bond donors (Lipinski definition) is 1. The maximum absolute atomic E-state index is 10.7. The highest BCUT2D eigenvalue weighted by atomic mass is 32.2. The summed E-state index contributed by atoms with van der Waals surface area (Å²) in [7, 11) is 1.63. The number of rotatable bonds is 5. The van der Waals surface area contributed by atoms with Gasteiger partial charge in [-0.05, 0) is 36.4 Å². The van der Waals surface area contributed by atoms with Crippen molar-refractivity contribution in [2.75, 3.05) is 7.11 Å². The Morgan fingerprint density at radius 1 is 1.26 bits per heavy atom. The summed E-state index contributed by atoms with van der Waals surface area (Å²) in [4.78, 5) is 15.9. The third-order valence-electron chi connectivity index (χ3n) is 2.52. The smallest absolute Gasteiger partial charge is 0.337 e. The molecule has 5 heteroatoms. The van der Waals surface area contributed by atoms with Crippen molar-refractivity contribution in [1.29, 1.82) is 0 Å². The van der Waals surface area contributed by atoms with E-state index in [4.69, 9.17) is 9.84 Å². The van der Waals surface area contributed by atoms with E-state index in [9.17, 15) is 4.79 Å². The molecule has 0 aliphatic rings. The summed E-state index contributed by atoms with van der Waals surface area (Å²) in [5, 5.41) is 8.78. The molecule has 0 saturated heterocycles. The van der Waals surface area contributed by atoms with Crippen LogP contribution in [-0.4, -0.2) is 23.2 Å². The van der Waals surface area contributed by atoms with Gasteiger partial charge in [0.2, 0.25) is 0 Å². The van der Waals surface area contributed by atoms with Gasteiger partial charge in [0.1, 0.15) is 5.75 Å². The molecule has 0 fully saturated rings. The maximum Gasteiger partial charge on any atom is 0.337 e. The van der Waals surface area contributed by atoms with Crippen LogP contribution in [0.3, 0.4) is 0 Å². The minimum Gasteiger partial charge on any atom is -0.497 e. The summed E-state index contributed by atoms with van der Waals surface area (Å²) in [6.45, 7) is 0. The van der Waals surface area contributed by atoms with E-state index in [1.807, 2.05) is 24.3 Å². The van der Waals surface area contributed by atoms with Crippen LogP contribution < -0.4 is 4.74 Å². The first-order chi connectivity index (χ1) is 9.19. The van der Waals surface area contributed by atoms with E-state index in [-0.39, 0.29) is 5.56 Å². The molecule has 1 aromatic heterocycles. The van der Waals surface area contributed by atoms with Gasteiger partial charge in [0.25, 0.3) is 0 Å². The highest BCUT2D eigenvalue weighted by Gasteiger charge is 2.03. The largest absolute Gasteiger partial charge is 0.497 e. The molecule has 0 unspecified atom stereocenters. The molecule has 0 aliphatic heterocycles. The van der Waals surface area contributed by atoms with Gasteiger partial charge in [0.15, 0.2) is 0 Å². The minimum absolute atomic E-state index is 0.207. The molecule has 19 heavy (non-hydrogen) atoms. The van der Waals surface area contributed by atoms with Gasteiger partial charge in [-0.25, -0.2) is 4.79 Å². The number of carbonyl (C=O) groups is 1. The third-order valence-corrected chi connectivity index (χ3v) is 3.56. The van der Waals surface area contributed by atoms with E-state index >= 15 is 0 Å². The lowest BCUT2D eigenvalue weighted by Crippen LogP contribution is -1.97. The summed E-state index contributed by atoms with van der Waals surface area (Å²) in [6, 6.07) is 11.1. The number of carboxylic acids is 1. The molecular weight excluding hydrogens is 262 g/mol. The van der Waals surface area contributed by atoms with Crippen molar-refractivity contribution >= 4 is 17.7 Å². The summed E-state index contributed by atoms with van der Waals surface area (Å²) in [5.74, 6) is 0.571. The highest BCUT2D eigenvalue weighted by Crippen LogP contribution is 2.24. The zero-order chi connectivity index (χ0) is 13.7. The van der Waals surface area contributed by atoms with Gasteiger partial charge in [0, 0.05) is 16.8 Å².